The highest BCUT2D eigenvalue weighted by molar-refractivity contribution is 5.88. The second-order valence-corrected chi connectivity index (χ2v) is 7.31. The fourth-order valence-electron chi connectivity index (χ4n) is 3.65. The molecule has 1 unspecified atom stereocenters. The lowest BCUT2D eigenvalue weighted by atomic mass is 9.90. The summed E-state index contributed by atoms with van der Waals surface area (Å²) < 4.78 is 11.2. The highest BCUT2D eigenvalue weighted by Crippen LogP contribution is 2.44. The summed E-state index contributed by atoms with van der Waals surface area (Å²) in [4.78, 5) is 12.6. The van der Waals surface area contributed by atoms with E-state index >= 15 is 0 Å². The normalized spacial score (nSPS) is 26.3. The van der Waals surface area contributed by atoms with Crippen molar-refractivity contribution in [3.8, 4) is 28.6 Å². The molecule has 7 N–H and O–H groups in total. The molecule has 1 aliphatic rings. The first kappa shape index (κ1) is 21.1. The predicted molar refractivity (Wildman–Crippen MR) is 106 cm³/mol. The molecule has 31 heavy (non-hydrogen) atoms. The summed E-state index contributed by atoms with van der Waals surface area (Å²) >= 11 is 0. The van der Waals surface area contributed by atoms with Gasteiger partial charge in [-0.25, -0.2) is 0 Å². The van der Waals surface area contributed by atoms with Crippen molar-refractivity contribution < 1.29 is 44.9 Å². The van der Waals surface area contributed by atoms with Crippen LogP contribution in [-0.2, 0) is 4.74 Å². The Labute approximate surface area is 174 Å². The number of phenolic OH excluding ortho intramolecular Hbond substituents is 3. The Bertz CT molecular complexity index is 1170. The molecular weight excluding hydrogens is 412 g/mol. The van der Waals surface area contributed by atoms with Crippen LogP contribution >= 0.6 is 0 Å². The minimum atomic E-state index is -1.72. The Morgan fingerprint density at radius 2 is 1.55 bits per heavy atom. The molecule has 0 radical (unpaired) electrons. The highest BCUT2D eigenvalue weighted by atomic mass is 16.5. The summed E-state index contributed by atoms with van der Waals surface area (Å²) in [5, 5.41) is 69.7. The second-order valence-electron chi connectivity index (χ2n) is 7.31. The molecule has 10 heteroatoms. The van der Waals surface area contributed by atoms with Gasteiger partial charge in [0.1, 0.15) is 53.0 Å². The van der Waals surface area contributed by atoms with E-state index in [-0.39, 0.29) is 28.0 Å². The van der Waals surface area contributed by atoms with E-state index < -0.39 is 54.1 Å². The SMILES string of the molecule is O=c1cc(-c2ccc(O)cc2)oc2cc(C3O[C@H](CO)[C@H](O)[C@H](O)[C@H]3O)c(O)c(O)c12. The molecule has 2 aromatic carbocycles. The molecule has 0 spiro atoms. The lowest BCUT2D eigenvalue weighted by molar-refractivity contribution is -0.232. The topological polar surface area (TPSA) is 181 Å². The molecule has 0 bridgehead atoms. The van der Waals surface area contributed by atoms with Crippen LogP contribution < -0.4 is 5.43 Å². The van der Waals surface area contributed by atoms with Crippen LogP contribution in [-0.4, -0.2) is 66.8 Å². The maximum absolute atomic E-state index is 12.6. The largest absolute Gasteiger partial charge is 0.508 e. The van der Waals surface area contributed by atoms with Gasteiger partial charge < -0.3 is 44.9 Å². The van der Waals surface area contributed by atoms with E-state index in [1.807, 2.05) is 0 Å². The van der Waals surface area contributed by atoms with Crippen molar-refractivity contribution in [3.05, 3.63) is 52.2 Å². The van der Waals surface area contributed by atoms with Crippen molar-refractivity contribution in [2.75, 3.05) is 6.61 Å². The zero-order chi connectivity index (χ0) is 22.4. The summed E-state index contributed by atoms with van der Waals surface area (Å²) in [5.74, 6) is -1.46. The van der Waals surface area contributed by atoms with Gasteiger partial charge in [-0.3, -0.25) is 4.79 Å². The Morgan fingerprint density at radius 1 is 0.871 bits per heavy atom. The smallest absolute Gasteiger partial charge is 0.197 e. The van der Waals surface area contributed by atoms with Gasteiger partial charge in [-0.1, -0.05) is 0 Å². The van der Waals surface area contributed by atoms with Crippen LogP contribution in [0, 0.1) is 0 Å². The number of aromatic hydroxyl groups is 3. The fourth-order valence-corrected chi connectivity index (χ4v) is 3.65. The number of aliphatic hydroxyl groups excluding tert-OH is 4. The average molecular weight is 432 g/mol. The van der Waals surface area contributed by atoms with Crippen LogP contribution in [0.2, 0.25) is 0 Å². The van der Waals surface area contributed by atoms with E-state index in [4.69, 9.17) is 9.15 Å². The third-order valence-corrected chi connectivity index (χ3v) is 5.35. The van der Waals surface area contributed by atoms with Crippen LogP contribution in [0.3, 0.4) is 0 Å². The van der Waals surface area contributed by atoms with Crippen molar-refractivity contribution in [1.82, 2.24) is 0 Å². The first-order chi connectivity index (χ1) is 14.7. The van der Waals surface area contributed by atoms with Crippen molar-refractivity contribution in [2.24, 2.45) is 0 Å². The lowest BCUT2D eigenvalue weighted by Crippen LogP contribution is -2.55. The number of ether oxygens (including phenoxy) is 1. The Morgan fingerprint density at radius 3 is 2.19 bits per heavy atom. The van der Waals surface area contributed by atoms with Crippen molar-refractivity contribution in [2.45, 2.75) is 30.5 Å². The average Bonchev–Trinajstić information content (AvgIpc) is 2.75. The van der Waals surface area contributed by atoms with E-state index in [9.17, 15) is 40.5 Å². The monoisotopic (exact) mass is 432 g/mol. The van der Waals surface area contributed by atoms with E-state index in [1.54, 1.807) is 0 Å². The van der Waals surface area contributed by atoms with E-state index in [1.165, 1.54) is 30.3 Å². The zero-order valence-corrected chi connectivity index (χ0v) is 15.9. The molecule has 0 saturated carbocycles. The van der Waals surface area contributed by atoms with Crippen molar-refractivity contribution in [3.63, 3.8) is 0 Å². The Hall–Kier alpha value is -3.15. The van der Waals surface area contributed by atoms with Gasteiger partial charge in [0.05, 0.1) is 6.61 Å². The molecule has 164 valence electrons. The first-order valence-electron chi connectivity index (χ1n) is 9.35. The van der Waals surface area contributed by atoms with Gasteiger partial charge in [0, 0.05) is 17.2 Å². The Balaban J connectivity index is 1.88. The molecule has 1 fully saturated rings. The lowest BCUT2D eigenvalue weighted by Gasteiger charge is -2.40. The number of phenols is 3. The maximum Gasteiger partial charge on any atom is 0.197 e. The summed E-state index contributed by atoms with van der Waals surface area (Å²) in [6.07, 6.45) is -7.72. The van der Waals surface area contributed by atoms with Crippen LogP contribution in [0.5, 0.6) is 17.2 Å². The van der Waals surface area contributed by atoms with E-state index in [0.717, 1.165) is 6.07 Å². The molecule has 10 nitrogen and oxygen atoms in total. The quantitative estimate of drug-likeness (QED) is 0.280. The zero-order valence-electron chi connectivity index (χ0n) is 15.9. The number of hydrogen-bond acceptors (Lipinski definition) is 10. The van der Waals surface area contributed by atoms with Crippen LogP contribution in [0.4, 0.5) is 0 Å². The highest BCUT2D eigenvalue weighted by Gasteiger charge is 2.45. The van der Waals surface area contributed by atoms with Gasteiger partial charge in [0.25, 0.3) is 0 Å². The van der Waals surface area contributed by atoms with E-state index in [2.05, 4.69) is 0 Å². The summed E-state index contributed by atoms with van der Waals surface area (Å²) in [7, 11) is 0. The molecule has 1 aromatic heterocycles. The maximum atomic E-state index is 12.6. The molecule has 4 rings (SSSR count). The van der Waals surface area contributed by atoms with Gasteiger partial charge in [0.15, 0.2) is 16.9 Å². The van der Waals surface area contributed by atoms with Crippen molar-refractivity contribution in [1.29, 1.82) is 0 Å². The molecule has 1 saturated heterocycles. The van der Waals surface area contributed by atoms with Gasteiger partial charge in [-0.15, -0.1) is 0 Å². The Kier molecular flexibility index (Phi) is 5.33. The van der Waals surface area contributed by atoms with E-state index in [0.29, 0.717) is 5.56 Å². The number of aliphatic hydroxyl groups is 4. The first-order valence-corrected chi connectivity index (χ1v) is 9.35. The molecular formula is C21H20O10. The predicted octanol–water partition coefficient (Wildman–Crippen LogP) is 0.0917. The van der Waals surface area contributed by atoms with Crippen LogP contribution in [0.1, 0.15) is 11.7 Å². The van der Waals surface area contributed by atoms with Gasteiger partial charge in [0.2, 0.25) is 0 Å². The third kappa shape index (κ3) is 3.50. The molecule has 0 aliphatic carbocycles. The molecule has 2 heterocycles. The molecule has 0 amide bonds. The number of benzene rings is 2. The third-order valence-electron chi connectivity index (χ3n) is 5.35. The van der Waals surface area contributed by atoms with Gasteiger partial charge >= 0.3 is 0 Å². The number of rotatable bonds is 3. The summed E-state index contributed by atoms with van der Waals surface area (Å²) in [6.45, 7) is -0.679. The number of hydrogen-bond donors (Lipinski definition) is 7. The molecule has 5 atom stereocenters. The summed E-state index contributed by atoms with van der Waals surface area (Å²) in [5.41, 5.74) is -0.554. The number of fused-ring (bicyclic) bond motifs is 1. The van der Waals surface area contributed by atoms with Crippen LogP contribution in [0.25, 0.3) is 22.3 Å². The van der Waals surface area contributed by atoms with Crippen LogP contribution in [0.15, 0.2) is 45.6 Å². The minimum absolute atomic E-state index is 0.0133. The fraction of sp³-hybridized carbons (Fsp3) is 0.286. The summed E-state index contributed by atoms with van der Waals surface area (Å²) in [6, 6.07) is 8.10. The molecule has 3 aromatic rings. The minimum Gasteiger partial charge on any atom is -0.508 e. The second kappa shape index (κ2) is 7.84. The van der Waals surface area contributed by atoms with Crippen molar-refractivity contribution >= 4 is 11.0 Å². The standard InChI is InChI=1S/C21H20O10/c22-7-14-17(26)19(28)20(29)21(31-14)10-5-13-15(18(27)16(10)25)11(24)6-12(30-13)8-1-3-9(23)4-2-8/h1-6,14,17,19-23,25-29H,7H2/t14-,17+,19+,20-,21?/m1/s1. The van der Waals surface area contributed by atoms with Gasteiger partial charge in [-0.05, 0) is 30.3 Å². The molecule has 1 aliphatic heterocycles. The van der Waals surface area contributed by atoms with Gasteiger partial charge in [-0.2, -0.15) is 0 Å².